The lowest BCUT2D eigenvalue weighted by Crippen LogP contribution is -2.28. The summed E-state index contributed by atoms with van der Waals surface area (Å²) < 4.78 is 0. The maximum atomic E-state index is 12.1. The van der Waals surface area contributed by atoms with Gasteiger partial charge < -0.3 is 5.32 Å². The molecule has 8 heteroatoms. The fourth-order valence-corrected chi connectivity index (χ4v) is 2.21. The van der Waals surface area contributed by atoms with E-state index in [9.17, 15) is 10.1 Å². The maximum absolute atomic E-state index is 12.1. The van der Waals surface area contributed by atoms with Crippen molar-refractivity contribution in [3.63, 3.8) is 0 Å². The van der Waals surface area contributed by atoms with Crippen LogP contribution in [0.1, 0.15) is 22.1 Å². The number of hydrogen-bond acceptors (Lipinski definition) is 4. The molecule has 1 amide bonds. The fourth-order valence-electron chi connectivity index (χ4n) is 1.60. The van der Waals surface area contributed by atoms with Crippen molar-refractivity contribution in [2.75, 3.05) is 0 Å². The topological polar surface area (TPSA) is 78.7 Å². The molecule has 0 unspecified atom stereocenters. The molecule has 106 valence electrons. The Labute approximate surface area is 135 Å². The molecule has 1 aromatic heterocycles. The Balaban J connectivity index is 2.28. The highest BCUT2D eigenvalue weighted by Gasteiger charge is 2.21. The van der Waals surface area contributed by atoms with E-state index in [4.69, 9.17) is 34.8 Å². The lowest BCUT2D eigenvalue weighted by Gasteiger charge is -2.14. The van der Waals surface area contributed by atoms with Crippen LogP contribution in [0, 0.1) is 11.3 Å². The summed E-state index contributed by atoms with van der Waals surface area (Å²) in [6.07, 6.45) is 2.48. The van der Waals surface area contributed by atoms with Gasteiger partial charge in [-0.2, -0.15) is 5.26 Å². The molecular weight excluding hydrogens is 335 g/mol. The Bertz CT molecular complexity index is 730. The van der Waals surface area contributed by atoms with Crippen LogP contribution < -0.4 is 5.32 Å². The predicted molar refractivity (Wildman–Crippen MR) is 79.3 cm³/mol. The van der Waals surface area contributed by atoms with Gasteiger partial charge in [-0.25, -0.2) is 9.97 Å². The minimum Gasteiger partial charge on any atom is -0.331 e. The van der Waals surface area contributed by atoms with Crippen molar-refractivity contribution in [1.29, 1.82) is 5.26 Å². The molecular formula is C13H7Cl3N4O. The van der Waals surface area contributed by atoms with Crippen molar-refractivity contribution < 1.29 is 4.79 Å². The van der Waals surface area contributed by atoms with Gasteiger partial charge in [0.25, 0.3) is 5.91 Å². The second kappa shape index (κ2) is 6.72. The zero-order chi connectivity index (χ0) is 15.4. The molecule has 0 radical (unpaired) electrons. The summed E-state index contributed by atoms with van der Waals surface area (Å²) in [6, 6.07) is 5.79. The van der Waals surface area contributed by atoms with Crippen LogP contribution >= 0.6 is 34.8 Å². The van der Waals surface area contributed by atoms with Gasteiger partial charge in [0.15, 0.2) is 0 Å². The molecule has 0 saturated heterocycles. The Morgan fingerprint density at radius 1 is 1.29 bits per heavy atom. The summed E-state index contributed by atoms with van der Waals surface area (Å²) >= 11 is 17.8. The summed E-state index contributed by atoms with van der Waals surface area (Å²) in [5.74, 6) is -0.606. The molecule has 0 aliphatic heterocycles. The van der Waals surface area contributed by atoms with E-state index < -0.39 is 11.9 Å². The van der Waals surface area contributed by atoms with E-state index in [1.54, 1.807) is 18.2 Å². The number of nitrogens with one attached hydrogen (secondary N) is 1. The summed E-state index contributed by atoms with van der Waals surface area (Å²) in [6.45, 7) is 0. The van der Waals surface area contributed by atoms with Gasteiger partial charge in [0.1, 0.15) is 18.1 Å². The molecule has 2 rings (SSSR count). The van der Waals surface area contributed by atoms with Gasteiger partial charge in [-0.1, -0.05) is 46.9 Å². The minimum absolute atomic E-state index is 0.0231. The fraction of sp³-hybridized carbons (Fsp3) is 0.0769. The van der Waals surface area contributed by atoms with Crippen LogP contribution in [-0.2, 0) is 0 Å². The van der Waals surface area contributed by atoms with Gasteiger partial charge in [0.2, 0.25) is 0 Å². The quantitative estimate of drug-likeness (QED) is 0.927. The molecule has 0 fully saturated rings. The smallest absolute Gasteiger partial charge is 0.272 e. The molecule has 1 aromatic carbocycles. The first-order chi connectivity index (χ1) is 10.0. The second-order valence-corrected chi connectivity index (χ2v) is 5.09. The molecule has 0 saturated carbocycles. The van der Waals surface area contributed by atoms with Gasteiger partial charge in [-0.15, -0.1) is 0 Å². The summed E-state index contributed by atoms with van der Waals surface area (Å²) in [7, 11) is 0. The third-order valence-corrected chi connectivity index (χ3v) is 3.69. The highest BCUT2D eigenvalue weighted by molar-refractivity contribution is 6.42. The average Bonchev–Trinajstić information content (AvgIpc) is 2.48. The minimum atomic E-state index is -0.977. The van der Waals surface area contributed by atoms with Crippen molar-refractivity contribution in [3.8, 4) is 6.07 Å². The lowest BCUT2D eigenvalue weighted by molar-refractivity contribution is 0.0940. The Hall–Kier alpha value is -1.87. The van der Waals surface area contributed by atoms with E-state index in [2.05, 4.69) is 15.3 Å². The van der Waals surface area contributed by atoms with E-state index in [1.807, 2.05) is 6.07 Å². The van der Waals surface area contributed by atoms with Gasteiger partial charge in [-0.05, 0) is 6.07 Å². The van der Waals surface area contributed by atoms with Gasteiger partial charge in [0.05, 0.1) is 21.1 Å². The zero-order valence-electron chi connectivity index (χ0n) is 10.3. The number of nitrogens with zero attached hydrogens (tertiary/aromatic N) is 3. The largest absolute Gasteiger partial charge is 0.331 e. The maximum Gasteiger partial charge on any atom is 0.272 e. The summed E-state index contributed by atoms with van der Waals surface area (Å²) in [5.41, 5.74) is 0.371. The first-order valence-electron chi connectivity index (χ1n) is 5.64. The molecule has 0 aliphatic rings. The van der Waals surface area contributed by atoms with Crippen molar-refractivity contribution in [2.45, 2.75) is 6.04 Å². The molecule has 21 heavy (non-hydrogen) atoms. The number of amides is 1. The Kier molecular flexibility index (Phi) is 4.97. The molecule has 1 heterocycles. The molecule has 0 bridgehead atoms. The van der Waals surface area contributed by atoms with Crippen LogP contribution in [-0.4, -0.2) is 15.9 Å². The molecule has 5 nitrogen and oxygen atoms in total. The molecule has 1 atom stereocenters. The first-order valence-corrected chi connectivity index (χ1v) is 6.78. The van der Waals surface area contributed by atoms with Crippen molar-refractivity contribution in [1.82, 2.24) is 15.3 Å². The highest BCUT2D eigenvalue weighted by atomic mass is 35.5. The van der Waals surface area contributed by atoms with Crippen LogP contribution in [0.3, 0.4) is 0 Å². The summed E-state index contributed by atoms with van der Waals surface area (Å²) in [4.78, 5) is 19.6. The standard InChI is InChI=1S/C13H7Cl3N4O/c14-8-3-1-2-7(11(8)16)10(4-17)20-13(21)12-9(15)5-18-6-19-12/h1-3,5-6,10H,(H,20,21)/t10-/m0/s1. The molecule has 1 N–H and O–H groups in total. The van der Waals surface area contributed by atoms with E-state index >= 15 is 0 Å². The zero-order valence-corrected chi connectivity index (χ0v) is 12.6. The third kappa shape index (κ3) is 3.42. The van der Waals surface area contributed by atoms with Crippen LogP contribution in [0.5, 0.6) is 0 Å². The number of halogens is 3. The molecule has 0 spiro atoms. The Morgan fingerprint density at radius 2 is 2.05 bits per heavy atom. The van der Waals surface area contributed by atoms with E-state index in [-0.39, 0.29) is 15.7 Å². The second-order valence-electron chi connectivity index (χ2n) is 3.90. The number of carbonyl (C=O) groups is 1. The van der Waals surface area contributed by atoms with E-state index in [0.29, 0.717) is 10.6 Å². The Morgan fingerprint density at radius 3 is 2.71 bits per heavy atom. The van der Waals surface area contributed by atoms with E-state index in [1.165, 1.54) is 12.5 Å². The normalized spacial score (nSPS) is 11.5. The number of hydrogen-bond donors (Lipinski definition) is 1. The van der Waals surface area contributed by atoms with Crippen molar-refractivity contribution >= 4 is 40.7 Å². The monoisotopic (exact) mass is 340 g/mol. The van der Waals surface area contributed by atoms with Crippen LogP contribution in [0.25, 0.3) is 0 Å². The lowest BCUT2D eigenvalue weighted by atomic mass is 10.1. The molecule has 0 aliphatic carbocycles. The first kappa shape index (κ1) is 15.5. The van der Waals surface area contributed by atoms with Crippen LogP contribution in [0.15, 0.2) is 30.7 Å². The predicted octanol–water partition coefficient (Wildman–Crippen LogP) is 3.43. The summed E-state index contributed by atoms with van der Waals surface area (Å²) in [5, 5.41) is 12.3. The van der Waals surface area contributed by atoms with Crippen molar-refractivity contribution in [3.05, 3.63) is 57.0 Å². The van der Waals surface area contributed by atoms with E-state index in [0.717, 1.165) is 0 Å². The SMILES string of the molecule is N#C[C@H](NC(=O)c1ncncc1Cl)c1cccc(Cl)c1Cl. The van der Waals surface area contributed by atoms with Gasteiger partial charge in [0, 0.05) is 11.8 Å². The number of carbonyl (C=O) groups excluding carboxylic acids is 1. The number of nitriles is 1. The van der Waals surface area contributed by atoms with Crippen LogP contribution in [0.4, 0.5) is 0 Å². The number of rotatable bonds is 3. The molecule has 2 aromatic rings. The third-order valence-electron chi connectivity index (χ3n) is 2.58. The number of benzene rings is 1. The van der Waals surface area contributed by atoms with Gasteiger partial charge in [-0.3, -0.25) is 4.79 Å². The average molecular weight is 342 g/mol. The van der Waals surface area contributed by atoms with Crippen molar-refractivity contribution in [2.24, 2.45) is 0 Å². The number of aromatic nitrogens is 2. The highest BCUT2D eigenvalue weighted by Crippen LogP contribution is 2.29. The van der Waals surface area contributed by atoms with Crippen LogP contribution in [0.2, 0.25) is 15.1 Å². The van der Waals surface area contributed by atoms with Gasteiger partial charge >= 0.3 is 0 Å².